The molecule has 4 aromatic rings. The Labute approximate surface area is 218 Å². The first kappa shape index (κ1) is 25.1. The first-order valence-electron chi connectivity index (χ1n) is 12.1. The number of rotatable bonds is 7. The predicted octanol–water partition coefficient (Wildman–Crippen LogP) is 4.37. The van der Waals surface area contributed by atoms with Gasteiger partial charge in [-0.1, -0.05) is 52.8 Å². The second-order valence-corrected chi connectivity index (χ2v) is 9.22. The van der Waals surface area contributed by atoms with Gasteiger partial charge in [-0.25, -0.2) is 0 Å². The van der Waals surface area contributed by atoms with E-state index >= 15 is 0 Å². The van der Waals surface area contributed by atoms with Crippen LogP contribution in [0.25, 0.3) is 34.3 Å². The lowest BCUT2D eigenvalue weighted by Gasteiger charge is -2.31. The van der Waals surface area contributed by atoms with Crippen molar-refractivity contribution in [2.45, 2.75) is 31.2 Å². The van der Waals surface area contributed by atoms with Gasteiger partial charge in [0.1, 0.15) is 36.4 Å². The van der Waals surface area contributed by atoms with Gasteiger partial charge < -0.3 is 23.6 Å². The molecule has 6 rings (SSSR count). The SMILES string of the molecule is O=C(OCN[C@@H]1COc2cc(-c3noc(-c4onc(-c5ccccc5)c4C(F)(F)F)n3)ccc2[C@H]1O)C1CC1. The summed E-state index contributed by atoms with van der Waals surface area (Å²) in [6, 6.07) is 12.0. The van der Waals surface area contributed by atoms with Gasteiger partial charge in [-0.15, -0.1) is 0 Å². The quantitative estimate of drug-likeness (QED) is 0.256. The lowest BCUT2D eigenvalue weighted by atomic mass is 9.97. The van der Waals surface area contributed by atoms with E-state index < -0.39 is 35.5 Å². The third-order valence-electron chi connectivity index (χ3n) is 6.50. The third-order valence-corrected chi connectivity index (χ3v) is 6.50. The summed E-state index contributed by atoms with van der Waals surface area (Å²) in [7, 11) is 0. The maximum absolute atomic E-state index is 14.0. The van der Waals surface area contributed by atoms with Gasteiger partial charge in [0.15, 0.2) is 0 Å². The van der Waals surface area contributed by atoms with E-state index in [2.05, 4.69) is 20.6 Å². The highest BCUT2D eigenvalue weighted by atomic mass is 19.4. The summed E-state index contributed by atoms with van der Waals surface area (Å²) in [4.78, 5) is 15.8. The zero-order valence-electron chi connectivity index (χ0n) is 20.1. The Bertz CT molecular complexity index is 1500. The normalized spacial score (nSPS) is 18.9. The van der Waals surface area contributed by atoms with Crippen molar-refractivity contribution >= 4 is 5.97 Å². The molecule has 2 aliphatic rings. The number of fused-ring (bicyclic) bond motifs is 1. The lowest BCUT2D eigenvalue weighted by Crippen LogP contribution is -2.44. The van der Waals surface area contributed by atoms with E-state index in [4.69, 9.17) is 18.5 Å². The van der Waals surface area contributed by atoms with Crippen molar-refractivity contribution in [2.24, 2.45) is 5.92 Å². The molecule has 2 atom stereocenters. The highest BCUT2D eigenvalue weighted by molar-refractivity contribution is 5.75. The van der Waals surface area contributed by atoms with Crippen LogP contribution in [0.4, 0.5) is 13.2 Å². The monoisotopic (exact) mass is 542 g/mol. The number of aliphatic hydroxyl groups is 1. The second-order valence-electron chi connectivity index (χ2n) is 9.22. The molecule has 0 radical (unpaired) electrons. The Balaban J connectivity index is 1.21. The maximum atomic E-state index is 14.0. The van der Waals surface area contributed by atoms with Crippen LogP contribution in [0, 0.1) is 5.92 Å². The van der Waals surface area contributed by atoms with E-state index in [1.807, 2.05) is 0 Å². The van der Waals surface area contributed by atoms with Crippen molar-refractivity contribution in [2.75, 3.05) is 13.3 Å². The molecule has 2 N–H and O–H groups in total. The van der Waals surface area contributed by atoms with Crippen molar-refractivity contribution in [1.29, 1.82) is 0 Å². The molecule has 2 aromatic carbocycles. The highest BCUT2D eigenvalue weighted by Gasteiger charge is 2.43. The summed E-state index contributed by atoms with van der Waals surface area (Å²) >= 11 is 0. The van der Waals surface area contributed by atoms with E-state index in [0.717, 1.165) is 12.8 Å². The molecule has 39 heavy (non-hydrogen) atoms. The van der Waals surface area contributed by atoms with Crippen LogP contribution in [0.15, 0.2) is 57.6 Å². The zero-order valence-corrected chi connectivity index (χ0v) is 20.1. The second kappa shape index (κ2) is 9.82. The van der Waals surface area contributed by atoms with Gasteiger partial charge in [0, 0.05) is 16.7 Å². The minimum atomic E-state index is -4.80. The average molecular weight is 542 g/mol. The molecule has 0 saturated heterocycles. The minimum absolute atomic E-state index is 0.0103. The first-order chi connectivity index (χ1) is 18.8. The molecular formula is C26H21F3N4O6. The summed E-state index contributed by atoms with van der Waals surface area (Å²) in [6.07, 6.45) is -4.08. The topological polar surface area (TPSA) is 133 Å². The molecule has 0 amide bonds. The number of halogens is 3. The summed E-state index contributed by atoms with van der Waals surface area (Å²) in [5.74, 6) is -1.14. The molecule has 1 saturated carbocycles. The number of ether oxygens (including phenoxy) is 2. The standard InChI is InChI=1S/C26H21F3N4O6/c27-26(28,29)19-20(13-4-2-1-3-5-13)32-38-22(19)24-31-23(33-39-24)15-8-9-16-18(10-15)36-11-17(21(16)34)30-12-37-25(35)14-6-7-14/h1-5,8-10,14,17,21,30,34H,6-7,11-12H2/t17-,21-/m1/s1. The number of nitrogens with zero attached hydrogens (tertiary/aromatic N) is 3. The van der Waals surface area contributed by atoms with Crippen LogP contribution >= 0.6 is 0 Å². The van der Waals surface area contributed by atoms with E-state index in [-0.39, 0.29) is 42.3 Å². The molecule has 3 heterocycles. The average Bonchev–Trinajstić information content (AvgIpc) is 3.48. The van der Waals surface area contributed by atoms with Gasteiger partial charge >= 0.3 is 12.1 Å². The van der Waals surface area contributed by atoms with Gasteiger partial charge in [0.2, 0.25) is 11.6 Å². The van der Waals surface area contributed by atoms with Crippen LogP contribution in [0.2, 0.25) is 0 Å². The summed E-state index contributed by atoms with van der Waals surface area (Å²) < 4.78 is 63.1. The number of aliphatic hydroxyl groups excluding tert-OH is 1. The fourth-order valence-corrected chi connectivity index (χ4v) is 4.28. The van der Waals surface area contributed by atoms with E-state index in [0.29, 0.717) is 16.9 Å². The molecule has 0 unspecified atom stereocenters. The number of esters is 1. The number of aromatic nitrogens is 3. The summed E-state index contributed by atoms with van der Waals surface area (Å²) in [5, 5.41) is 21.2. The smallest absolute Gasteiger partial charge is 0.422 e. The predicted molar refractivity (Wildman–Crippen MR) is 127 cm³/mol. The molecule has 10 nitrogen and oxygen atoms in total. The molecular weight excluding hydrogens is 521 g/mol. The molecule has 0 bridgehead atoms. The molecule has 1 aliphatic carbocycles. The van der Waals surface area contributed by atoms with Gasteiger partial charge in [-0.3, -0.25) is 10.1 Å². The fourth-order valence-electron chi connectivity index (χ4n) is 4.28. The zero-order chi connectivity index (χ0) is 27.1. The number of carbonyl (C=O) groups excluding carboxylic acids is 1. The van der Waals surface area contributed by atoms with Crippen molar-refractivity contribution < 1.29 is 41.6 Å². The molecule has 1 fully saturated rings. The van der Waals surface area contributed by atoms with E-state index in [9.17, 15) is 23.1 Å². The summed E-state index contributed by atoms with van der Waals surface area (Å²) in [5.41, 5.74) is -0.431. The van der Waals surface area contributed by atoms with Crippen LogP contribution in [-0.2, 0) is 15.7 Å². The van der Waals surface area contributed by atoms with Crippen LogP contribution in [0.1, 0.15) is 30.1 Å². The molecule has 2 aromatic heterocycles. The van der Waals surface area contributed by atoms with Crippen molar-refractivity contribution in [3.05, 3.63) is 59.7 Å². The molecule has 202 valence electrons. The molecule has 1 aliphatic heterocycles. The first-order valence-corrected chi connectivity index (χ1v) is 12.1. The summed E-state index contributed by atoms with van der Waals surface area (Å²) in [6.45, 7) is 0.0401. The van der Waals surface area contributed by atoms with Crippen LogP contribution in [-0.4, -0.2) is 45.8 Å². The number of benzene rings is 2. The Kier molecular flexibility index (Phi) is 6.31. The lowest BCUT2D eigenvalue weighted by molar-refractivity contribution is -0.146. The minimum Gasteiger partial charge on any atom is -0.491 e. The highest BCUT2D eigenvalue weighted by Crippen LogP contribution is 2.43. The Morgan fingerprint density at radius 2 is 1.87 bits per heavy atom. The third kappa shape index (κ3) is 4.98. The Hall–Kier alpha value is -4.23. The van der Waals surface area contributed by atoms with Crippen LogP contribution < -0.4 is 10.1 Å². The Morgan fingerprint density at radius 1 is 1.08 bits per heavy atom. The van der Waals surface area contributed by atoms with Gasteiger partial charge in [-0.2, -0.15) is 18.2 Å². The van der Waals surface area contributed by atoms with Crippen molar-refractivity contribution in [3.63, 3.8) is 0 Å². The number of carbonyl (C=O) groups is 1. The van der Waals surface area contributed by atoms with Gasteiger partial charge in [-0.05, 0) is 18.9 Å². The van der Waals surface area contributed by atoms with E-state index in [1.165, 1.54) is 12.1 Å². The van der Waals surface area contributed by atoms with Gasteiger partial charge in [0.05, 0.1) is 12.0 Å². The number of alkyl halides is 3. The fraction of sp³-hybridized carbons (Fsp3) is 0.308. The van der Waals surface area contributed by atoms with Gasteiger partial charge in [0.25, 0.3) is 5.89 Å². The largest absolute Gasteiger partial charge is 0.491 e. The van der Waals surface area contributed by atoms with Crippen LogP contribution in [0.3, 0.4) is 0 Å². The van der Waals surface area contributed by atoms with E-state index in [1.54, 1.807) is 36.4 Å². The molecule has 0 spiro atoms. The number of hydrogen-bond donors (Lipinski definition) is 2. The number of hydrogen-bond acceptors (Lipinski definition) is 10. The maximum Gasteiger partial charge on any atom is 0.422 e. The molecule has 13 heteroatoms. The number of nitrogens with one attached hydrogen (secondary N) is 1. The Morgan fingerprint density at radius 3 is 2.62 bits per heavy atom. The van der Waals surface area contributed by atoms with Crippen molar-refractivity contribution in [3.8, 4) is 40.0 Å². The van der Waals surface area contributed by atoms with Crippen molar-refractivity contribution in [1.82, 2.24) is 20.6 Å². The van der Waals surface area contributed by atoms with Crippen LogP contribution in [0.5, 0.6) is 5.75 Å².